The minimum absolute atomic E-state index is 0.0107. The Labute approximate surface area is 146 Å². The number of sulfonamides is 1. The Morgan fingerprint density at radius 3 is 2.33 bits per heavy atom. The van der Waals surface area contributed by atoms with Crippen LogP contribution in [0, 0.1) is 6.92 Å². The Morgan fingerprint density at radius 1 is 1.04 bits per heavy atom. The Hall–Kier alpha value is -1.92. The monoisotopic (exact) mass is 360 g/mol. The van der Waals surface area contributed by atoms with Crippen molar-refractivity contribution < 1.29 is 8.42 Å². The van der Waals surface area contributed by atoms with E-state index in [1.165, 1.54) is 0 Å². The molecule has 0 bridgehead atoms. The molecule has 0 saturated heterocycles. The van der Waals surface area contributed by atoms with Crippen molar-refractivity contribution in [2.45, 2.75) is 38.0 Å². The Morgan fingerprint density at radius 2 is 1.71 bits per heavy atom. The molecule has 2 aromatic carbocycles. The number of benzene rings is 2. The molecule has 0 aliphatic carbocycles. The van der Waals surface area contributed by atoms with E-state index in [0.717, 1.165) is 20.8 Å². The van der Waals surface area contributed by atoms with Gasteiger partial charge in [0.25, 0.3) is 10.0 Å². The van der Waals surface area contributed by atoms with Gasteiger partial charge in [-0.25, -0.2) is 13.4 Å². The maximum atomic E-state index is 12.6. The van der Waals surface area contributed by atoms with Crippen molar-refractivity contribution in [1.82, 2.24) is 4.98 Å². The van der Waals surface area contributed by atoms with Crippen LogP contribution >= 0.6 is 11.3 Å². The molecule has 24 heavy (non-hydrogen) atoms. The SMILES string of the molecule is Cc1nc2cc(NS(=O)(=O)c3ccc(C(C)(C)C)cc3)ccc2s1. The molecule has 0 fully saturated rings. The molecule has 4 nitrogen and oxygen atoms in total. The van der Waals surface area contributed by atoms with Crippen LogP contribution in [0.15, 0.2) is 47.4 Å². The summed E-state index contributed by atoms with van der Waals surface area (Å²) in [4.78, 5) is 4.65. The van der Waals surface area contributed by atoms with Crippen molar-refractivity contribution in [3.8, 4) is 0 Å². The van der Waals surface area contributed by atoms with Gasteiger partial charge in [-0.15, -0.1) is 11.3 Å². The highest BCUT2D eigenvalue weighted by molar-refractivity contribution is 7.92. The van der Waals surface area contributed by atoms with Crippen LogP contribution in [0.2, 0.25) is 0 Å². The predicted octanol–water partition coefficient (Wildman–Crippen LogP) is 4.70. The van der Waals surface area contributed by atoms with Gasteiger partial charge in [-0.3, -0.25) is 4.72 Å². The van der Waals surface area contributed by atoms with Crippen molar-refractivity contribution >= 4 is 37.3 Å². The maximum absolute atomic E-state index is 12.6. The van der Waals surface area contributed by atoms with Gasteiger partial charge in [0.15, 0.2) is 0 Å². The van der Waals surface area contributed by atoms with Crippen molar-refractivity contribution in [3.05, 3.63) is 53.0 Å². The molecular formula is C18H20N2O2S2. The summed E-state index contributed by atoms with van der Waals surface area (Å²) in [7, 11) is -3.61. The van der Waals surface area contributed by atoms with Crippen LogP contribution in [0.3, 0.4) is 0 Å². The molecule has 3 aromatic rings. The smallest absolute Gasteiger partial charge is 0.261 e. The van der Waals surface area contributed by atoms with E-state index < -0.39 is 10.0 Å². The number of hydrogen-bond donors (Lipinski definition) is 1. The first kappa shape index (κ1) is 16.9. The van der Waals surface area contributed by atoms with Gasteiger partial charge in [-0.1, -0.05) is 32.9 Å². The standard InChI is InChI=1S/C18H20N2O2S2/c1-12-19-16-11-14(7-10-17(16)23-12)20-24(21,22)15-8-5-13(6-9-15)18(2,3)4/h5-11,20H,1-4H3. The fourth-order valence-electron chi connectivity index (χ4n) is 2.45. The summed E-state index contributed by atoms with van der Waals surface area (Å²) in [6.07, 6.45) is 0. The van der Waals surface area contributed by atoms with E-state index in [1.54, 1.807) is 35.6 Å². The molecule has 1 heterocycles. The molecule has 0 atom stereocenters. The van der Waals surface area contributed by atoms with Crippen LogP contribution in [0.4, 0.5) is 5.69 Å². The molecule has 6 heteroatoms. The summed E-state index contributed by atoms with van der Waals surface area (Å²) in [6.45, 7) is 8.23. The summed E-state index contributed by atoms with van der Waals surface area (Å²) in [5, 5.41) is 0.961. The third-order valence-electron chi connectivity index (χ3n) is 3.78. The topological polar surface area (TPSA) is 59.1 Å². The van der Waals surface area contributed by atoms with Crippen molar-refractivity contribution in [2.75, 3.05) is 4.72 Å². The fourth-order valence-corrected chi connectivity index (χ4v) is 4.31. The highest BCUT2D eigenvalue weighted by Gasteiger charge is 2.18. The zero-order valence-electron chi connectivity index (χ0n) is 14.1. The number of nitrogens with one attached hydrogen (secondary N) is 1. The average molecular weight is 361 g/mol. The number of nitrogens with zero attached hydrogens (tertiary/aromatic N) is 1. The largest absolute Gasteiger partial charge is 0.280 e. The van der Waals surface area contributed by atoms with Crippen molar-refractivity contribution in [1.29, 1.82) is 0 Å². The van der Waals surface area contributed by atoms with E-state index in [2.05, 4.69) is 30.5 Å². The molecule has 0 radical (unpaired) electrons. The van der Waals surface area contributed by atoms with Crippen molar-refractivity contribution in [2.24, 2.45) is 0 Å². The summed E-state index contributed by atoms with van der Waals surface area (Å²) < 4.78 is 28.8. The lowest BCUT2D eigenvalue weighted by Crippen LogP contribution is -2.14. The van der Waals surface area contributed by atoms with Crippen LogP contribution in [-0.2, 0) is 15.4 Å². The van der Waals surface area contributed by atoms with Crippen LogP contribution < -0.4 is 4.72 Å². The van der Waals surface area contributed by atoms with Gasteiger partial charge in [0.1, 0.15) is 0 Å². The number of aryl methyl sites for hydroxylation is 1. The van der Waals surface area contributed by atoms with E-state index >= 15 is 0 Å². The van der Waals surface area contributed by atoms with E-state index in [0.29, 0.717) is 5.69 Å². The van der Waals surface area contributed by atoms with Crippen LogP contribution in [0.1, 0.15) is 31.3 Å². The van der Waals surface area contributed by atoms with Crippen molar-refractivity contribution in [3.63, 3.8) is 0 Å². The van der Waals surface area contributed by atoms with E-state index in [1.807, 2.05) is 25.1 Å². The maximum Gasteiger partial charge on any atom is 0.261 e. The zero-order valence-corrected chi connectivity index (χ0v) is 15.8. The van der Waals surface area contributed by atoms with Gasteiger partial charge < -0.3 is 0 Å². The third kappa shape index (κ3) is 3.44. The number of aromatic nitrogens is 1. The van der Waals surface area contributed by atoms with Crippen LogP contribution in [0.5, 0.6) is 0 Å². The Bertz CT molecular complexity index is 982. The first-order chi connectivity index (χ1) is 11.1. The first-order valence-electron chi connectivity index (χ1n) is 7.66. The number of rotatable bonds is 3. The molecule has 0 saturated carbocycles. The summed E-state index contributed by atoms with van der Waals surface area (Å²) in [6, 6.07) is 12.4. The second-order valence-corrected chi connectivity index (χ2v) is 9.71. The lowest BCUT2D eigenvalue weighted by atomic mass is 9.87. The van der Waals surface area contributed by atoms with Gasteiger partial charge in [0, 0.05) is 0 Å². The van der Waals surface area contributed by atoms with E-state index in [4.69, 9.17) is 0 Å². The molecule has 3 rings (SSSR count). The third-order valence-corrected chi connectivity index (χ3v) is 6.13. The minimum Gasteiger partial charge on any atom is -0.280 e. The van der Waals surface area contributed by atoms with E-state index in [-0.39, 0.29) is 10.3 Å². The fraction of sp³-hybridized carbons (Fsp3) is 0.278. The quantitative estimate of drug-likeness (QED) is 0.736. The van der Waals surface area contributed by atoms with Gasteiger partial charge in [-0.05, 0) is 48.2 Å². The summed E-state index contributed by atoms with van der Waals surface area (Å²) >= 11 is 1.59. The predicted molar refractivity (Wildman–Crippen MR) is 100 cm³/mol. The number of anilines is 1. The molecule has 0 unspecified atom stereocenters. The first-order valence-corrected chi connectivity index (χ1v) is 9.96. The normalized spacial score (nSPS) is 12.5. The molecule has 0 aliphatic heterocycles. The molecule has 0 amide bonds. The second kappa shape index (κ2) is 5.86. The minimum atomic E-state index is -3.61. The van der Waals surface area contributed by atoms with Crippen LogP contribution in [0.25, 0.3) is 10.2 Å². The second-order valence-electron chi connectivity index (χ2n) is 6.80. The Balaban J connectivity index is 1.89. The van der Waals surface area contributed by atoms with Gasteiger partial charge >= 0.3 is 0 Å². The molecular weight excluding hydrogens is 340 g/mol. The summed E-state index contributed by atoms with van der Waals surface area (Å²) in [5.74, 6) is 0. The molecule has 0 spiro atoms. The number of thiazole rings is 1. The molecule has 0 aliphatic rings. The van der Waals surface area contributed by atoms with E-state index in [9.17, 15) is 8.42 Å². The lowest BCUT2D eigenvalue weighted by molar-refractivity contribution is 0.587. The molecule has 126 valence electrons. The van der Waals surface area contributed by atoms with Gasteiger partial charge in [0.05, 0.1) is 25.8 Å². The zero-order chi connectivity index (χ0) is 17.5. The molecule has 1 N–H and O–H groups in total. The molecule has 1 aromatic heterocycles. The highest BCUT2D eigenvalue weighted by Crippen LogP contribution is 2.27. The number of hydrogen-bond acceptors (Lipinski definition) is 4. The highest BCUT2D eigenvalue weighted by atomic mass is 32.2. The average Bonchev–Trinajstić information content (AvgIpc) is 2.85. The summed E-state index contributed by atoms with van der Waals surface area (Å²) in [5.41, 5.74) is 2.41. The van der Waals surface area contributed by atoms with Gasteiger partial charge in [-0.2, -0.15) is 0 Å². The Kier molecular flexibility index (Phi) is 4.13. The van der Waals surface area contributed by atoms with Gasteiger partial charge in [0.2, 0.25) is 0 Å². The number of fused-ring (bicyclic) bond motifs is 1. The van der Waals surface area contributed by atoms with Crippen LogP contribution in [-0.4, -0.2) is 13.4 Å². The lowest BCUT2D eigenvalue weighted by Gasteiger charge is -2.19.